The molecule has 0 fully saturated rings. The highest BCUT2D eigenvalue weighted by Crippen LogP contribution is 2.11. The van der Waals surface area contributed by atoms with Crippen LogP contribution in [0.5, 0.6) is 0 Å². The Morgan fingerprint density at radius 3 is 3.13 bits per heavy atom. The third-order valence-electron chi connectivity index (χ3n) is 2.31. The van der Waals surface area contributed by atoms with E-state index in [4.69, 9.17) is 5.73 Å². The van der Waals surface area contributed by atoms with Crippen molar-refractivity contribution < 1.29 is 0 Å². The minimum Gasteiger partial charge on any atom is -0.348 e. The summed E-state index contributed by atoms with van der Waals surface area (Å²) in [5.41, 5.74) is 7.04. The van der Waals surface area contributed by atoms with E-state index in [1.807, 2.05) is 11.5 Å². The van der Waals surface area contributed by atoms with Crippen LogP contribution in [-0.2, 0) is 13.0 Å². The zero-order valence-corrected chi connectivity index (χ0v) is 8.59. The molecule has 0 amide bonds. The number of hydrogen-bond acceptors (Lipinski definition) is 4. The van der Waals surface area contributed by atoms with E-state index in [0.717, 1.165) is 18.1 Å². The van der Waals surface area contributed by atoms with E-state index >= 15 is 0 Å². The number of nitrogens with zero attached hydrogens (tertiary/aromatic N) is 4. The Bertz CT molecular complexity index is 404. The summed E-state index contributed by atoms with van der Waals surface area (Å²) in [4.78, 5) is 6.96. The molecule has 15 heavy (non-hydrogen) atoms. The Kier molecular flexibility index (Phi) is 2.77. The van der Waals surface area contributed by atoms with Gasteiger partial charge >= 0.3 is 0 Å². The summed E-state index contributed by atoms with van der Waals surface area (Å²) >= 11 is 0. The van der Waals surface area contributed by atoms with Gasteiger partial charge in [-0.3, -0.25) is 0 Å². The molecular formula is C9H14N6. The minimum absolute atomic E-state index is 0.145. The average Bonchev–Trinajstić information content (AvgIpc) is 2.86. The Labute approximate surface area is 87.5 Å². The fourth-order valence-electron chi connectivity index (χ4n) is 1.52. The smallest absolute Gasteiger partial charge is 0.150 e. The lowest BCUT2D eigenvalue weighted by molar-refractivity contribution is 0.594. The molecule has 2 aromatic rings. The molecule has 0 radical (unpaired) electrons. The zero-order valence-electron chi connectivity index (χ0n) is 8.59. The van der Waals surface area contributed by atoms with Crippen LogP contribution in [0.1, 0.15) is 24.5 Å². The lowest BCUT2D eigenvalue weighted by Gasteiger charge is -2.10. The Hall–Kier alpha value is -1.69. The molecule has 0 saturated heterocycles. The molecule has 2 heterocycles. The van der Waals surface area contributed by atoms with Crippen LogP contribution in [0.2, 0.25) is 0 Å². The normalized spacial score (nSPS) is 12.9. The molecule has 0 bridgehead atoms. The second kappa shape index (κ2) is 4.22. The van der Waals surface area contributed by atoms with Crippen LogP contribution in [0.15, 0.2) is 18.9 Å². The lowest BCUT2D eigenvalue weighted by atomic mass is 10.1. The summed E-state index contributed by atoms with van der Waals surface area (Å²) in [5, 5.41) is 7.87. The number of aryl methyl sites for hydroxylation is 1. The number of rotatable bonds is 4. The van der Waals surface area contributed by atoms with Crippen LogP contribution in [0.4, 0.5) is 0 Å². The van der Waals surface area contributed by atoms with Crippen molar-refractivity contribution in [3.63, 3.8) is 0 Å². The van der Waals surface area contributed by atoms with Crippen LogP contribution in [0.3, 0.4) is 0 Å². The second-order valence-electron chi connectivity index (χ2n) is 3.36. The zero-order chi connectivity index (χ0) is 10.7. The number of nitrogens with two attached hydrogens (primary N) is 1. The first kappa shape index (κ1) is 9.85. The summed E-state index contributed by atoms with van der Waals surface area (Å²) in [6, 6.07) is -0.145. The summed E-state index contributed by atoms with van der Waals surface area (Å²) < 4.78 is 1.95. The first-order valence-corrected chi connectivity index (χ1v) is 4.91. The maximum absolute atomic E-state index is 6.04. The molecule has 2 aromatic heterocycles. The highest BCUT2D eigenvalue weighted by Gasteiger charge is 2.13. The van der Waals surface area contributed by atoms with Crippen molar-refractivity contribution in [2.45, 2.75) is 25.9 Å². The molecule has 6 nitrogen and oxygen atoms in total. The van der Waals surface area contributed by atoms with Gasteiger partial charge in [-0.2, -0.15) is 0 Å². The van der Waals surface area contributed by atoms with Gasteiger partial charge in [0, 0.05) is 24.9 Å². The molecule has 0 unspecified atom stereocenters. The van der Waals surface area contributed by atoms with Gasteiger partial charge in [0.25, 0.3) is 0 Å². The third kappa shape index (κ3) is 2.04. The van der Waals surface area contributed by atoms with Crippen LogP contribution in [0, 0.1) is 0 Å². The lowest BCUT2D eigenvalue weighted by Crippen LogP contribution is -2.18. The van der Waals surface area contributed by atoms with Gasteiger partial charge < -0.3 is 15.3 Å². The van der Waals surface area contributed by atoms with E-state index in [1.165, 1.54) is 0 Å². The van der Waals surface area contributed by atoms with Crippen LogP contribution >= 0.6 is 0 Å². The highest BCUT2D eigenvalue weighted by molar-refractivity contribution is 5.03. The van der Waals surface area contributed by atoms with E-state index in [2.05, 4.69) is 20.2 Å². The van der Waals surface area contributed by atoms with Crippen molar-refractivity contribution in [3.8, 4) is 0 Å². The van der Waals surface area contributed by atoms with Gasteiger partial charge in [0.2, 0.25) is 0 Å². The molecule has 0 aliphatic carbocycles. The largest absolute Gasteiger partial charge is 0.348 e. The quantitative estimate of drug-likeness (QED) is 0.751. The molecule has 0 aromatic carbocycles. The molecule has 0 saturated carbocycles. The number of imidazole rings is 1. The van der Waals surface area contributed by atoms with Crippen molar-refractivity contribution >= 4 is 0 Å². The van der Waals surface area contributed by atoms with Gasteiger partial charge in [0.15, 0.2) is 0 Å². The van der Waals surface area contributed by atoms with E-state index in [9.17, 15) is 0 Å². The van der Waals surface area contributed by atoms with E-state index in [1.54, 1.807) is 18.9 Å². The molecule has 2 rings (SSSR count). The summed E-state index contributed by atoms with van der Waals surface area (Å²) in [6.07, 6.45) is 5.81. The average molecular weight is 206 g/mol. The van der Waals surface area contributed by atoms with Gasteiger partial charge in [-0.25, -0.2) is 4.98 Å². The predicted octanol–water partition coefficient (Wildman–Crippen LogP) is 0.264. The van der Waals surface area contributed by atoms with Crippen molar-refractivity contribution in [2.24, 2.45) is 5.73 Å². The predicted molar refractivity (Wildman–Crippen MR) is 54.9 cm³/mol. The molecule has 0 aliphatic rings. The number of nitrogens with one attached hydrogen (secondary N) is 1. The summed E-state index contributed by atoms with van der Waals surface area (Å²) in [7, 11) is 0. The molecule has 3 N–H and O–H groups in total. The van der Waals surface area contributed by atoms with Gasteiger partial charge in [-0.15, -0.1) is 10.2 Å². The van der Waals surface area contributed by atoms with Crippen LogP contribution in [-0.4, -0.2) is 24.7 Å². The van der Waals surface area contributed by atoms with E-state index < -0.39 is 0 Å². The highest BCUT2D eigenvalue weighted by atomic mass is 15.3. The minimum atomic E-state index is -0.145. The molecule has 80 valence electrons. The topological polar surface area (TPSA) is 85.4 Å². The summed E-state index contributed by atoms with van der Waals surface area (Å²) in [5.74, 6) is 0.812. The van der Waals surface area contributed by atoms with Crippen molar-refractivity contribution in [1.82, 2.24) is 24.7 Å². The first-order chi connectivity index (χ1) is 7.31. The molecule has 0 aliphatic heterocycles. The standard InChI is InChI=1S/C9H14N6/c1-2-15-6-13-14-9(15)8(10)3-7-4-11-5-12-7/h4-6,8H,2-3,10H2,1H3,(H,11,12)/t8-/m0/s1. The number of H-pyrrole nitrogens is 1. The Morgan fingerprint density at radius 2 is 2.47 bits per heavy atom. The molecule has 1 atom stereocenters. The van der Waals surface area contributed by atoms with Crippen molar-refractivity contribution in [2.75, 3.05) is 0 Å². The Morgan fingerprint density at radius 1 is 1.60 bits per heavy atom. The number of aromatic amines is 1. The van der Waals surface area contributed by atoms with Gasteiger partial charge in [0.05, 0.1) is 12.4 Å². The molecule has 6 heteroatoms. The molecular weight excluding hydrogens is 192 g/mol. The van der Waals surface area contributed by atoms with E-state index in [-0.39, 0.29) is 6.04 Å². The monoisotopic (exact) mass is 206 g/mol. The fraction of sp³-hybridized carbons (Fsp3) is 0.444. The van der Waals surface area contributed by atoms with Crippen LogP contribution < -0.4 is 5.73 Å². The second-order valence-corrected chi connectivity index (χ2v) is 3.36. The number of hydrogen-bond donors (Lipinski definition) is 2. The third-order valence-corrected chi connectivity index (χ3v) is 2.31. The number of aromatic nitrogens is 5. The van der Waals surface area contributed by atoms with Crippen molar-refractivity contribution in [3.05, 3.63) is 30.4 Å². The maximum Gasteiger partial charge on any atom is 0.150 e. The summed E-state index contributed by atoms with van der Waals surface area (Å²) in [6.45, 7) is 2.87. The maximum atomic E-state index is 6.04. The van der Waals surface area contributed by atoms with Gasteiger partial charge in [-0.1, -0.05) is 0 Å². The van der Waals surface area contributed by atoms with Crippen molar-refractivity contribution in [1.29, 1.82) is 0 Å². The van der Waals surface area contributed by atoms with Gasteiger partial charge in [-0.05, 0) is 6.92 Å². The Balaban J connectivity index is 2.11. The van der Waals surface area contributed by atoms with E-state index in [0.29, 0.717) is 6.42 Å². The SMILES string of the molecule is CCn1cnnc1[C@@H](N)Cc1cnc[nH]1. The van der Waals surface area contributed by atoms with Crippen LogP contribution in [0.25, 0.3) is 0 Å². The first-order valence-electron chi connectivity index (χ1n) is 4.91. The van der Waals surface area contributed by atoms with Gasteiger partial charge in [0.1, 0.15) is 12.2 Å². The molecule has 0 spiro atoms. The fourth-order valence-corrected chi connectivity index (χ4v) is 1.52.